The fraction of sp³-hybridized carbons (Fsp3) is 0.533. The van der Waals surface area contributed by atoms with Gasteiger partial charge in [0.25, 0.3) is 5.91 Å². The molecule has 1 amide bonds. The first-order chi connectivity index (χ1) is 8.76. The second-order valence-corrected chi connectivity index (χ2v) is 5.15. The molecule has 18 heavy (non-hydrogen) atoms. The molecule has 1 aromatic rings. The third kappa shape index (κ3) is 2.86. The van der Waals surface area contributed by atoms with E-state index >= 15 is 0 Å². The van der Waals surface area contributed by atoms with Crippen LogP contribution in [-0.4, -0.2) is 23.4 Å². The molecule has 0 bridgehead atoms. The fourth-order valence-electron chi connectivity index (χ4n) is 2.59. The summed E-state index contributed by atoms with van der Waals surface area (Å²) < 4.78 is 0. The van der Waals surface area contributed by atoms with Crippen molar-refractivity contribution in [2.24, 2.45) is 0 Å². The van der Waals surface area contributed by atoms with E-state index in [1.54, 1.807) is 0 Å². The zero-order valence-corrected chi connectivity index (χ0v) is 11.6. The van der Waals surface area contributed by atoms with Crippen LogP contribution in [0.15, 0.2) is 24.3 Å². The Labute approximate surface area is 114 Å². The summed E-state index contributed by atoms with van der Waals surface area (Å²) in [4.78, 5) is 14.5. The Morgan fingerprint density at radius 3 is 2.67 bits per heavy atom. The van der Waals surface area contributed by atoms with E-state index in [9.17, 15) is 4.79 Å². The fourth-order valence-corrected chi connectivity index (χ4v) is 2.77. The predicted octanol–water partition coefficient (Wildman–Crippen LogP) is 3.83. The number of alkyl halides is 1. The maximum absolute atomic E-state index is 12.5. The highest BCUT2D eigenvalue weighted by atomic mass is 35.5. The van der Waals surface area contributed by atoms with Crippen molar-refractivity contribution in [2.75, 3.05) is 6.54 Å². The zero-order valence-electron chi connectivity index (χ0n) is 10.9. The summed E-state index contributed by atoms with van der Waals surface area (Å²) in [5, 5.41) is 0. The van der Waals surface area contributed by atoms with Crippen LogP contribution in [0.25, 0.3) is 0 Å². The minimum atomic E-state index is 0.169. The van der Waals surface area contributed by atoms with Crippen LogP contribution in [0.3, 0.4) is 0 Å². The van der Waals surface area contributed by atoms with E-state index in [-0.39, 0.29) is 5.91 Å². The molecule has 2 nitrogen and oxygen atoms in total. The summed E-state index contributed by atoms with van der Waals surface area (Å²) in [6, 6.07) is 8.07. The van der Waals surface area contributed by atoms with E-state index in [1.807, 2.05) is 29.2 Å². The first kappa shape index (κ1) is 13.4. The maximum atomic E-state index is 12.5. The summed E-state index contributed by atoms with van der Waals surface area (Å²) >= 11 is 5.76. The van der Waals surface area contributed by atoms with Crippen LogP contribution in [0.5, 0.6) is 0 Å². The van der Waals surface area contributed by atoms with E-state index < -0.39 is 0 Å². The molecule has 0 aliphatic carbocycles. The Kier molecular flexibility index (Phi) is 4.65. The summed E-state index contributed by atoms with van der Waals surface area (Å²) in [5.41, 5.74) is 1.84. The molecule has 3 heteroatoms. The molecule has 2 rings (SSSR count). The third-order valence-electron chi connectivity index (χ3n) is 3.71. The number of carbonyl (C=O) groups excluding carboxylic acids is 1. The van der Waals surface area contributed by atoms with Crippen molar-refractivity contribution >= 4 is 17.5 Å². The Morgan fingerprint density at radius 1 is 1.33 bits per heavy atom. The van der Waals surface area contributed by atoms with Crippen LogP contribution in [0.4, 0.5) is 0 Å². The average molecular weight is 266 g/mol. The number of nitrogens with zero attached hydrogens (tertiary/aromatic N) is 1. The molecule has 0 aromatic heterocycles. The molecule has 0 saturated carbocycles. The SMILES string of the molecule is CCC1CCCCN1C(=O)c1ccc(CCl)cc1. The number of hydrogen-bond donors (Lipinski definition) is 0. The standard InChI is InChI=1S/C15H20ClNO/c1-2-14-5-3-4-10-17(14)15(18)13-8-6-12(11-16)7-9-13/h6-9,14H,2-5,10-11H2,1H3. The smallest absolute Gasteiger partial charge is 0.254 e. The third-order valence-corrected chi connectivity index (χ3v) is 4.02. The van der Waals surface area contributed by atoms with Crippen molar-refractivity contribution in [1.29, 1.82) is 0 Å². The van der Waals surface area contributed by atoms with E-state index in [1.165, 1.54) is 6.42 Å². The summed E-state index contributed by atoms with van der Waals surface area (Å²) in [7, 11) is 0. The molecule has 1 heterocycles. The van der Waals surface area contributed by atoms with Gasteiger partial charge in [-0.1, -0.05) is 19.1 Å². The van der Waals surface area contributed by atoms with E-state index in [0.717, 1.165) is 36.9 Å². The molecule has 1 aliphatic rings. The zero-order chi connectivity index (χ0) is 13.0. The van der Waals surface area contributed by atoms with Gasteiger partial charge in [-0.25, -0.2) is 0 Å². The Hall–Kier alpha value is -1.02. The maximum Gasteiger partial charge on any atom is 0.254 e. The largest absolute Gasteiger partial charge is 0.336 e. The molecule has 0 spiro atoms. The van der Waals surface area contributed by atoms with Crippen LogP contribution in [0, 0.1) is 0 Å². The van der Waals surface area contributed by atoms with Gasteiger partial charge >= 0.3 is 0 Å². The number of piperidine rings is 1. The van der Waals surface area contributed by atoms with Gasteiger partial charge < -0.3 is 4.90 Å². The van der Waals surface area contributed by atoms with Crippen LogP contribution in [0.2, 0.25) is 0 Å². The molecular weight excluding hydrogens is 246 g/mol. The highest BCUT2D eigenvalue weighted by molar-refractivity contribution is 6.17. The molecule has 1 aliphatic heterocycles. The first-order valence-electron chi connectivity index (χ1n) is 6.72. The highest BCUT2D eigenvalue weighted by Gasteiger charge is 2.25. The second kappa shape index (κ2) is 6.24. The minimum Gasteiger partial charge on any atom is -0.336 e. The lowest BCUT2D eigenvalue weighted by Crippen LogP contribution is -2.43. The Morgan fingerprint density at radius 2 is 2.06 bits per heavy atom. The molecule has 1 unspecified atom stereocenters. The van der Waals surface area contributed by atoms with Gasteiger partial charge in [0.05, 0.1) is 0 Å². The number of carbonyl (C=O) groups is 1. The monoisotopic (exact) mass is 265 g/mol. The van der Waals surface area contributed by atoms with Crippen molar-refractivity contribution in [3.05, 3.63) is 35.4 Å². The lowest BCUT2D eigenvalue weighted by Gasteiger charge is -2.35. The minimum absolute atomic E-state index is 0.169. The molecule has 0 N–H and O–H groups in total. The van der Waals surface area contributed by atoms with Crippen LogP contribution in [0.1, 0.15) is 48.5 Å². The Bertz CT molecular complexity index is 401. The van der Waals surface area contributed by atoms with Crippen LogP contribution >= 0.6 is 11.6 Å². The summed E-state index contributed by atoms with van der Waals surface area (Å²) in [6.45, 7) is 3.06. The molecule has 1 atom stereocenters. The molecular formula is C15H20ClNO. The molecule has 1 aromatic carbocycles. The van der Waals surface area contributed by atoms with Gasteiger partial charge in [0.2, 0.25) is 0 Å². The van der Waals surface area contributed by atoms with Gasteiger partial charge in [0, 0.05) is 24.0 Å². The van der Waals surface area contributed by atoms with Crippen LogP contribution < -0.4 is 0 Å². The van der Waals surface area contributed by atoms with E-state index in [2.05, 4.69) is 6.92 Å². The van der Waals surface area contributed by atoms with Crippen molar-refractivity contribution in [1.82, 2.24) is 4.90 Å². The van der Waals surface area contributed by atoms with Crippen molar-refractivity contribution in [2.45, 2.75) is 44.5 Å². The van der Waals surface area contributed by atoms with Gasteiger partial charge in [-0.05, 0) is 43.4 Å². The summed E-state index contributed by atoms with van der Waals surface area (Å²) in [5.74, 6) is 0.665. The number of likely N-dealkylation sites (tertiary alicyclic amines) is 1. The lowest BCUT2D eigenvalue weighted by atomic mass is 9.98. The molecule has 0 radical (unpaired) electrons. The summed E-state index contributed by atoms with van der Waals surface area (Å²) in [6.07, 6.45) is 4.56. The van der Waals surface area contributed by atoms with Crippen molar-refractivity contribution < 1.29 is 4.79 Å². The molecule has 98 valence electrons. The quantitative estimate of drug-likeness (QED) is 0.761. The average Bonchev–Trinajstić information content (AvgIpc) is 2.46. The van der Waals surface area contributed by atoms with Gasteiger partial charge in [-0.15, -0.1) is 11.6 Å². The molecule has 1 saturated heterocycles. The highest BCUT2D eigenvalue weighted by Crippen LogP contribution is 2.22. The van der Waals surface area contributed by atoms with Gasteiger partial charge in [-0.2, -0.15) is 0 Å². The van der Waals surface area contributed by atoms with Gasteiger partial charge in [-0.3, -0.25) is 4.79 Å². The number of halogens is 1. The first-order valence-corrected chi connectivity index (χ1v) is 7.25. The Balaban J connectivity index is 2.13. The topological polar surface area (TPSA) is 20.3 Å². The number of rotatable bonds is 3. The molecule has 1 fully saturated rings. The number of hydrogen-bond acceptors (Lipinski definition) is 1. The van der Waals surface area contributed by atoms with Gasteiger partial charge in [0.15, 0.2) is 0 Å². The predicted molar refractivity (Wildman–Crippen MR) is 75.0 cm³/mol. The van der Waals surface area contributed by atoms with E-state index in [0.29, 0.717) is 11.9 Å². The lowest BCUT2D eigenvalue weighted by molar-refractivity contribution is 0.0608. The van der Waals surface area contributed by atoms with Crippen molar-refractivity contribution in [3.63, 3.8) is 0 Å². The van der Waals surface area contributed by atoms with Crippen LogP contribution in [-0.2, 0) is 5.88 Å². The normalized spacial score (nSPS) is 19.9. The second-order valence-electron chi connectivity index (χ2n) is 4.89. The number of benzene rings is 1. The van der Waals surface area contributed by atoms with Crippen molar-refractivity contribution in [3.8, 4) is 0 Å². The number of amides is 1. The van der Waals surface area contributed by atoms with E-state index in [4.69, 9.17) is 11.6 Å². The van der Waals surface area contributed by atoms with Gasteiger partial charge in [0.1, 0.15) is 0 Å².